The second-order valence-electron chi connectivity index (χ2n) is 7.68. The summed E-state index contributed by atoms with van der Waals surface area (Å²) in [7, 11) is 0. The number of rotatable bonds is 7. The maximum Gasteiger partial charge on any atom is 0.343 e. The fourth-order valence-corrected chi connectivity index (χ4v) is 4.92. The molecule has 6 nitrogen and oxygen atoms in total. The fraction of sp³-hybridized carbons (Fsp3) is 0.115. The lowest BCUT2D eigenvalue weighted by molar-refractivity contribution is -0.123. The first-order valence-electron chi connectivity index (χ1n) is 10.8. The SMILES string of the molecule is CCOc1cc(/C=C2\SC(=O)N(Cc3ccc(Cl)c(Cl)c3)C2=O)cc(Cl)c1OC(=O)c1ccc(Cl)cc1. The number of hydrogen-bond acceptors (Lipinski definition) is 6. The molecule has 0 bridgehead atoms. The van der Waals surface area contributed by atoms with Gasteiger partial charge in [0.25, 0.3) is 11.1 Å². The van der Waals surface area contributed by atoms with Crippen LogP contribution >= 0.6 is 58.2 Å². The third kappa shape index (κ3) is 6.43. The molecule has 190 valence electrons. The molecule has 1 aliphatic rings. The average molecular weight is 597 g/mol. The van der Waals surface area contributed by atoms with Gasteiger partial charge < -0.3 is 9.47 Å². The standard InChI is InChI=1S/C26H17Cl4NO5S/c1-2-35-21-11-15(10-20(30)23(21)36-25(33)16-4-6-17(27)7-5-16)12-22-24(32)31(26(34)37-22)13-14-3-8-18(28)19(29)9-14/h3-12H,2,13H2,1H3/b22-12-. The summed E-state index contributed by atoms with van der Waals surface area (Å²) >= 11 is 25.1. The molecule has 0 atom stereocenters. The van der Waals surface area contributed by atoms with Crippen molar-refractivity contribution in [3.63, 3.8) is 0 Å². The van der Waals surface area contributed by atoms with Crippen LogP contribution in [0.5, 0.6) is 11.5 Å². The second-order valence-corrected chi connectivity index (χ2v) is 10.3. The Bertz CT molecular complexity index is 1430. The van der Waals surface area contributed by atoms with Crippen molar-refractivity contribution in [3.05, 3.63) is 96.3 Å². The second kappa shape index (κ2) is 11.8. The Morgan fingerprint density at radius 3 is 2.35 bits per heavy atom. The Hall–Kier alpha value is -2.68. The third-order valence-corrected chi connectivity index (χ3v) is 7.28. The molecule has 3 aromatic carbocycles. The van der Waals surface area contributed by atoms with E-state index < -0.39 is 17.1 Å². The van der Waals surface area contributed by atoms with E-state index in [0.29, 0.717) is 26.2 Å². The maximum absolute atomic E-state index is 13.0. The zero-order valence-electron chi connectivity index (χ0n) is 19.1. The number of thioether (sulfide) groups is 1. The van der Waals surface area contributed by atoms with Crippen molar-refractivity contribution in [2.45, 2.75) is 13.5 Å². The highest BCUT2D eigenvalue weighted by Gasteiger charge is 2.35. The number of carbonyl (C=O) groups excluding carboxylic acids is 3. The predicted molar refractivity (Wildman–Crippen MR) is 147 cm³/mol. The van der Waals surface area contributed by atoms with Crippen molar-refractivity contribution in [1.29, 1.82) is 0 Å². The van der Waals surface area contributed by atoms with E-state index in [-0.39, 0.29) is 40.1 Å². The molecule has 4 rings (SSSR count). The lowest BCUT2D eigenvalue weighted by Crippen LogP contribution is -2.27. The highest BCUT2D eigenvalue weighted by molar-refractivity contribution is 8.18. The number of carbonyl (C=O) groups is 3. The highest BCUT2D eigenvalue weighted by Crippen LogP contribution is 2.40. The van der Waals surface area contributed by atoms with Gasteiger partial charge in [0.15, 0.2) is 11.5 Å². The van der Waals surface area contributed by atoms with Gasteiger partial charge in [0, 0.05) is 5.02 Å². The van der Waals surface area contributed by atoms with Crippen LogP contribution in [0.15, 0.2) is 59.5 Å². The zero-order valence-corrected chi connectivity index (χ0v) is 22.9. The van der Waals surface area contributed by atoms with Crippen LogP contribution in [0, 0.1) is 0 Å². The van der Waals surface area contributed by atoms with Crippen LogP contribution in [-0.4, -0.2) is 28.6 Å². The van der Waals surface area contributed by atoms with Crippen molar-refractivity contribution in [3.8, 4) is 11.5 Å². The summed E-state index contributed by atoms with van der Waals surface area (Å²) < 4.78 is 11.1. The number of ether oxygens (including phenoxy) is 2. The first kappa shape index (κ1) is 27.4. The number of halogens is 4. The van der Waals surface area contributed by atoms with Crippen LogP contribution < -0.4 is 9.47 Å². The number of hydrogen-bond donors (Lipinski definition) is 0. The first-order valence-corrected chi connectivity index (χ1v) is 13.1. The van der Waals surface area contributed by atoms with Crippen LogP contribution in [0.3, 0.4) is 0 Å². The summed E-state index contributed by atoms with van der Waals surface area (Å²) in [6.07, 6.45) is 1.53. The van der Waals surface area contributed by atoms with Gasteiger partial charge in [-0.2, -0.15) is 0 Å². The third-order valence-electron chi connectivity index (χ3n) is 5.10. The average Bonchev–Trinajstić information content (AvgIpc) is 3.11. The minimum atomic E-state index is -0.643. The molecule has 1 heterocycles. The van der Waals surface area contributed by atoms with Gasteiger partial charge in [-0.05, 0) is 84.4 Å². The molecule has 11 heteroatoms. The van der Waals surface area contributed by atoms with Gasteiger partial charge in [-0.1, -0.05) is 52.5 Å². The van der Waals surface area contributed by atoms with Crippen LogP contribution in [0.1, 0.15) is 28.4 Å². The number of amides is 2. The molecule has 0 aliphatic carbocycles. The van der Waals surface area contributed by atoms with Crippen molar-refractivity contribution < 1.29 is 23.9 Å². The molecule has 0 N–H and O–H groups in total. The normalized spacial score (nSPS) is 14.4. The highest BCUT2D eigenvalue weighted by atomic mass is 35.5. The van der Waals surface area contributed by atoms with Gasteiger partial charge in [-0.3, -0.25) is 14.5 Å². The van der Waals surface area contributed by atoms with Gasteiger partial charge in [0.1, 0.15) is 0 Å². The van der Waals surface area contributed by atoms with Crippen LogP contribution in [0.25, 0.3) is 6.08 Å². The molecular formula is C26H17Cl4NO5S. The quantitative estimate of drug-likeness (QED) is 0.156. The largest absolute Gasteiger partial charge is 0.490 e. The molecule has 2 amide bonds. The van der Waals surface area contributed by atoms with E-state index in [0.717, 1.165) is 16.7 Å². The van der Waals surface area contributed by atoms with Gasteiger partial charge >= 0.3 is 5.97 Å². The molecule has 0 radical (unpaired) electrons. The van der Waals surface area contributed by atoms with E-state index in [1.165, 1.54) is 24.3 Å². The van der Waals surface area contributed by atoms with Crippen molar-refractivity contribution in [2.75, 3.05) is 6.61 Å². The minimum absolute atomic E-state index is 0.0355. The zero-order chi connectivity index (χ0) is 26.7. The van der Waals surface area contributed by atoms with Gasteiger partial charge in [-0.15, -0.1) is 0 Å². The van der Waals surface area contributed by atoms with E-state index in [2.05, 4.69) is 0 Å². The summed E-state index contributed by atoms with van der Waals surface area (Å²) in [6, 6.07) is 14.2. The van der Waals surface area contributed by atoms with Crippen molar-refractivity contribution in [2.24, 2.45) is 0 Å². The molecule has 37 heavy (non-hydrogen) atoms. The van der Waals surface area contributed by atoms with Crippen molar-refractivity contribution in [1.82, 2.24) is 4.90 Å². The lowest BCUT2D eigenvalue weighted by atomic mass is 10.1. The molecular weight excluding hydrogens is 580 g/mol. The number of esters is 1. The monoisotopic (exact) mass is 595 g/mol. The summed E-state index contributed by atoms with van der Waals surface area (Å²) in [6.45, 7) is 2.08. The predicted octanol–water partition coefficient (Wildman–Crippen LogP) is 8.15. The van der Waals surface area contributed by atoms with Crippen LogP contribution in [0.4, 0.5) is 4.79 Å². The Morgan fingerprint density at radius 1 is 0.946 bits per heavy atom. The summed E-state index contributed by atoms with van der Waals surface area (Å²) in [5.74, 6) is -0.865. The van der Waals surface area contributed by atoms with Gasteiger partial charge in [0.05, 0.1) is 38.7 Å². The molecule has 1 saturated heterocycles. The van der Waals surface area contributed by atoms with Gasteiger partial charge in [0.2, 0.25) is 0 Å². The first-order chi connectivity index (χ1) is 17.7. The summed E-state index contributed by atoms with van der Waals surface area (Å²) in [4.78, 5) is 39.5. The minimum Gasteiger partial charge on any atom is -0.490 e. The van der Waals surface area contributed by atoms with Crippen LogP contribution in [-0.2, 0) is 11.3 Å². The van der Waals surface area contributed by atoms with Crippen molar-refractivity contribution >= 4 is 81.4 Å². The molecule has 0 spiro atoms. The topological polar surface area (TPSA) is 72.9 Å². The molecule has 0 aromatic heterocycles. The van der Waals surface area contributed by atoms with E-state index in [1.807, 2.05) is 0 Å². The van der Waals surface area contributed by atoms with E-state index in [1.54, 1.807) is 43.3 Å². The fourth-order valence-electron chi connectivity index (χ4n) is 3.38. The molecule has 3 aromatic rings. The molecule has 1 fully saturated rings. The number of imide groups is 1. The molecule has 0 unspecified atom stereocenters. The Balaban J connectivity index is 1.58. The Morgan fingerprint density at radius 2 is 1.68 bits per heavy atom. The number of nitrogens with zero attached hydrogens (tertiary/aromatic N) is 1. The number of benzene rings is 3. The Labute approximate surface area is 237 Å². The van der Waals surface area contributed by atoms with E-state index >= 15 is 0 Å². The van der Waals surface area contributed by atoms with E-state index in [4.69, 9.17) is 55.9 Å². The maximum atomic E-state index is 13.0. The summed E-state index contributed by atoms with van der Waals surface area (Å²) in [5, 5.41) is 0.859. The van der Waals surface area contributed by atoms with Gasteiger partial charge in [-0.25, -0.2) is 4.79 Å². The smallest absolute Gasteiger partial charge is 0.343 e. The Kier molecular flexibility index (Phi) is 8.72. The molecule has 1 aliphatic heterocycles. The lowest BCUT2D eigenvalue weighted by Gasteiger charge is -2.14. The summed E-state index contributed by atoms with van der Waals surface area (Å²) in [5.41, 5.74) is 1.42. The van der Waals surface area contributed by atoms with Crippen LogP contribution in [0.2, 0.25) is 20.1 Å². The molecule has 0 saturated carbocycles. The van der Waals surface area contributed by atoms with E-state index in [9.17, 15) is 14.4 Å².